The molecule has 2 rings (SSSR count). The maximum absolute atomic E-state index is 11.2. The molecule has 0 bridgehead atoms. The number of hydrogen-bond acceptors (Lipinski definition) is 3. The van der Waals surface area contributed by atoms with E-state index < -0.39 is 12.0 Å². The molecule has 1 unspecified atom stereocenters. The van der Waals surface area contributed by atoms with Crippen LogP contribution in [0.15, 0.2) is 30.6 Å². The van der Waals surface area contributed by atoms with E-state index in [-0.39, 0.29) is 0 Å². The molecule has 20 heavy (non-hydrogen) atoms. The minimum absolute atomic E-state index is 0.440. The van der Waals surface area contributed by atoms with Crippen molar-refractivity contribution in [2.45, 2.75) is 25.9 Å². The summed E-state index contributed by atoms with van der Waals surface area (Å²) in [4.78, 5) is 12.9. The summed E-state index contributed by atoms with van der Waals surface area (Å²) < 4.78 is 1.89. The SMILES string of the molecule is CCC(C(=O)O)N(C)Cc1cn2ccccc2c1C#N. The Morgan fingerprint density at radius 1 is 1.55 bits per heavy atom. The fraction of sp³-hybridized carbons (Fsp3) is 0.333. The van der Waals surface area contributed by atoms with Gasteiger partial charge >= 0.3 is 5.97 Å². The van der Waals surface area contributed by atoms with Crippen LogP contribution < -0.4 is 0 Å². The molecule has 0 aliphatic heterocycles. The second-order valence-corrected chi connectivity index (χ2v) is 4.81. The van der Waals surface area contributed by atoms with Crippen LogP contribution >= 0.6 is 0 Å². The molecule has 0 aromatic carbocycles. The monoisotopic (exact) mass is 271 g/mol. The van der Waals surface area contributed by atoms with Crippen LogP contribution in [-0.4, -0.2) is 33.5 Å². The van der Waals surface area contributed by atoms with Crippen molar-refractivity contribution in [3.05, 3.63) is 41.7 Å². The van der Waals surface area contributed by atoms with E-state index >= 15 is 0 Å². The van der Waals surface area contributed by atoms with E-state index in [0.717, 1.165) is 11.1 Å². The van der Waals surface area contributed by atoms with E-state index in [1.807, 2.05) is 41.9 Å². The van der Waals surface area contributed by atoms with Crippen molar-refractivity contribution in [1.82, 2.24) is 9.30 Å². The lowest BCUT2D eigenvalue weighted by molar-refractivity contribution is -0.143. The second kappa shape index (κ2) is 5.76. The molecule has 2 heterocycles. The average Bonchev–Trinajstić information content (AvgIpc) is 2.75. The molecule has 5 heteroatoms. The van der Waals surface area contributed by atoms with Crippen molar-refractivity contribution in [2.75, 3.05) is 7.05 Å². The standard InChI is InChI=1S/C15H17N3O2/c1-3-13(15(19)20)17(2)9-11-10-18-7-5-4-6-14(18)12(11)8-16/h4-7,10,13H,3,9H2,1-2H3,(H,19,20). The lowest BCUT2D eigenvalue weighted by Crippen LogP contribution is -2.37. The highest BCUT2D eigenvalue weighted by Gasteiger charge is 2.22. The molecule has 0 saturated heterocycles. The summed E-state index contributed by atoms with van der Waals surface area (Å²) in [6.45, 7) is 2.28. The molecule has 5 nitrogen and oxygen atoms in total. The van der Waals surface area contributed by atoms with Crippen LogP contribution in [0, 0.1) is 11.3 Å². The van der Waals surface area contributed by atoms with Gasteiger partial charge in [0.05, 0.1) is 11.1 Å². The minimum atomic E-state index is -0.836. The lowest BCUT2D eigenvalue weighted by atomic mass is 10.1. The number of pyridine rings is 1. The number of carbonyl (C=O) groups is 1. The molecular weight excluding hydrogens is 254 g/mol. The van der Waals surface area contributed by atoms with Crippen LogP contribution in [0.1, 0.15) is 24.5 Å². The Balaban J connectivity index is 2.34. The summed E-state index contributed by atoms with van der Waals surface area (Å²) >= 11 is 0. The first-order valence-electron chi connectivity index (χ1n) is 6.50. The summed E-state index contributed by atoms with van der Waals surface area (Å²) in [5.74, 6) is -0.836. The Hall–Kier alpha value is -2.32. The van der Waals surface area contributed by atoms with Gasteiger partial charge in [-0.15, -0.1) is 0 Å². The topological polar surface area (TPSA) is 68.7 Å². The highest BCUT2D eigenvalue weighted by Crippen LogP contribution is 2.20. The molecule has 0 saturated carbocycles. The fourth-order valence-corrected chi connectivity index (χ4v) is 2.48. The molecule has 2 aromatic rings. The Morgan fingerprint density at radius 2 is 2.30 bits per heavy atom. The van der Waals surface area contributed by atoms with Gasteiger partial charge in [-0.05, 0) is 25.6 Å². The van der Waals surface area contributed by atoms with E-state index in [4.69, 9.17) is 0 Å². The van der Waals surface area contributed by atoms with Gasteiger partial charge in [0.15, 0.2) is 0 Å². The van der Waals surface area contributed by atoms with Crippen molar-refractivity contribution in [2.24, 2.45) is 0 Å². The lowest BCUT2D eigenvalue weighted by Gasteiger charge is -2.22. The Morgan fingerprint density at radius 3 is 2.90 bits per heavy atom. The molecule has 1 N–H and O–H groups in total. The van der Waals surface area contributed by atoms with Gasteiger partial charge in [-0.2, -0.15) is 5.26 Å². The summed E-state index contributed by atoms with van der Waals surface area (Å²) in [5, 5.41) is 18.5. The number of hydrogen-bond donors (Lipinski definition) is 1. The molecule has 2 aromatic heterocycles. The summed E-state index contributed by atoms with van der Waals surface area (Å²) in [5.41, 5.74) is 2.31. The largest absolute Gasteiger partial charge is 0.480 e. The minimum Gasteiger partial charge on any atom is -0.480 e. The number of fused-ring (bicyclic) bond motifs is 1. The number of carboxylic acids is 1. The molecule has 0 spiro atoms. The van der Waals surface area contributed by atoms with Gasteiger partial charge in [0, 0.05) is 24.5 Å². The average molecular weight is 271 g/mol. The maximum atomic E-state index is 11.2. The number of rotatable bonds is 5. The predicted molar refractivity (Wildman–Crippen MR) is 75.3 cm³/mol. The van der Waals surface area contributed by atoms with Crippen LogP contribution in [0.2, 0.25) is 0 Å². The first-order valence-corrected chi connectivity index (χ1v) is 6.50. The van der Waals surface area contributed by atoms with Crippen molar-refractivity contribution >= 4 is 11.5 Å². The third kappa shape index (κ3) is 2.51. The Labute approximate surface area is 117 Å². The molecule has 0 aliphatic rings. The van der Waals surface area contributed by atoms with Crippen molar-refractivity contribution in [1.29, 1.82) is 5.26 Å². The van der Waals surface area contributed by atoms with Crippen LogP contribution in [-0.2, 0) is 11.3 Å². The van der Waals surface area contributed by atoms with Crippen molar-refractivity contribution in [3.8, 4) is 6.07 Å². The highest BCUT2D eigenvalue weighted by atomic mass is 16.4. The highest BCUT2D eigenvalue weighted by molar-refractivity contribution is 5.73. The number of likely N-dealkylation sites (N-methyl/N-ethyl adjacent to an activating group) is 1. The van der Waals surface area contributed by atoms with Gasteiger partial charge in [-0.25, -0.2) is 0 Å². The fourth-order valence-electron chi connectivity index (χ4n) is 2.48. The molecule has 0 fully saturated rings. The number of aromatic nitrogens is 1. The van der Waals surface area contributed by atoms with Gasteiger partial charge < -0.3 is 9.51 Å². The van der Waals surface area contributed by atoms with Gasteiger partial charge in [-0.1, -0.05) is 13.0 Å². The predicted octanol–water partition coefficient (Wildman–Crippen LogP) is 2.11. The van der Waals surface area contributed by atoms with Crippen LogP contribution in [0.4, 0.5) is 0 Å². The summed E-state index contributed by atoms with van der Waals surface area (Å²) in [6.07, 6.45) is 4.30. The quantitative estimate of drug-likeness (QED) is 0.904. The van der Waals surface area contributed by atoms with E-state index in [1.165, 1.54) is 0 Å². The van der Waals surface area contributed by atoms with Gasteiger partial charge in [0.2, 0.25) is 0 Å². The first kappa shape index (κ1) is 14.1. The second-order valence-electron chi connectivity index (χ2n) is 4.81. The Bertz CT molecular complexity index is 669. The Kier molecular flexibility index (Phi) is 4.06. The molecule has 0 aliphatic carbocycles. The number of nitriles is 1. The van der Waals surface area contributed by atoms with E-state index in [1.54, 1.807) is 11.9 Å². The molecule has 104 valence electrons. The van der Waals surface area contributed by atoms with Gasteiger partial charge in [-0.3, -0.25) is 9.69 Å². The van der Waals surface area contributed by atoms with Crippen LogP contribution in [0.25, 0.3) is 5.52 Å². The number of carboxylic acid groups (broad SMARTS) is 1. The van der Waals surface area contributed by atoms with E-state index in [9.17, 15) is 15.2 Å². The zero-order valence-corrected chi connectivity index (χ0v) is 11.6. The third-order valence-corrected chi connectivity index (χ3v) is 3.50. The van der Waals surface area contributed by atoms with Crippen molar-refractivity contribution in [3.63, 3.8) is 0 Å². The van der Waals surface area contributed by atoms with Crippen LogP contribution in [0.5, 0.6) is 0 Å². The zero-order chi connectivity index (χ0) is 14.7. The van der Waals surface area contributed by atoms with E-state index in [2.05, 4.69) is 6.07 Å². The third-order valence-electron chi connectivity index (χ3n) is 3.50. The summed E-state index contributed by atoms with van der Waals surface area (Å²) in [6, 6.07) is 7.34. The molecule has 0 amide bonds. The van der Waals surface area contributed by atoms with Crippen LogP contribution in [0.3, 0.4) is 0 Å². The van der Waals surface area contributed by atoms with Gasteiger partial charge in [0.1, 0.15) is 12.1 Å². The number of nitrogens with zero attached hydrogens (tertiary/aromatic N) is 3. The smallest absolute Gasteiger partial charge is 0.320 e. The zero-order valence-electron chi connectivity index (χ0n) is 11.6. The maximum Gasteiger partial charge on any atom is 0.320 e. The summed E-state index contributed by atoms with van der Waals surface area (Å²) in [7, 11) is 1.77. The van der Waals surface area contributed by atoms with Crippen molar-refractivity contribution < 1.29 is 9.90 Å². The number of aliphatic carboxylic acids is 1. The first-order chi connectivity index (χ1) is 9.58. The molecular formula is C15H17N3O2. The normalized spacial score (nSPS) is 12.5. The molecule has 1 atom stereocenters. The van der Waals surface area contributed by atoms with E-state index in [0.29, 0.717) is 18.5 Å². The molecule has 0 radical (unpaired) electrons. The van der Waals surface area contributed by atoms with Gasteiger partial charge in [0.25, 0.3) is 0 Å².